The first-order chi connectivity index (χ1) is 17.7. The summed E-state index contributed by atoms with van der Waals surface area (Å²) in [4.78, 5) is 35.3. The number of aryl methyl sites for hydroxylation is 1. The summed E-state index contributed by atoms with van der Waals surface area (Å²) in [6, 6.07) is 15.5. The fourth-order valence-electron chi connectivity index (χ4n) is 4.14. The second kappa shape index (κ2) is 11.1. The summed E-state index contributed by atoms with van der Waals surface area (Å²) < 4.78 is 33.0. The van der Waals surface area contributed by atoms with Gasteiger partial charge in [-0.2, -0.15) is 4.31 Å². The van der Waals surface area contributed by atoms with Gasteiger partial charge >= 0.3 is 5.97 Å². The normalized spacial score (nSPS) is 14.3. The van der Waals surface area contributed by atoms with Crippen LogP contribution in [0.2, 0.25) is 0 Å². The number of nitrogens with one attached hydrogen (secondary N) is 1. The minimum absolute atomic E-state index is 0.160. The van der Waals surface area contributed by atoms with E-state index in [9.17, 15) is 18.0 Å². The molecule has 3 aromatic rings. The number of rotatable bonds is 7. The second-order valence-electron chi connectivity index (χ2n) is 8.52. The molecule has 0 saturated carbocycles. The van der Waals surface area contributed by atoms with E-state index in [1.54, 1.807) is 26.0 Å². The molecular formula is C26H29N5O5S. The molecule has 0 bridgehead atoms. The maximum Gasteiger partial charge on any atom is 0.342 e. The van der Waals surface area contributed by atoms with Crippen LogP contribution in [0.5, 0.6) is 0 Å². The Labute approximate surface area is 216 Å². The van der Waals surface area contributed by atoms with Gasteiger partial charge in [0.1, 0.15) is 5.56 Å². The first kappa shape index (κ1) is 26.2. The van der Waals surface area contributed by atoms with Crippen molar-refractivity contribution in [2.75, 3.05) is 43.0 Å². The Morgan fingerprint density at radius 1 is 0.973 bits per heavy atom. The third-order valence-electron chi connectivity index (χ3n) is 5.94. The summed E-state index contributed by atoms with van der Waals surface area (Å²) in [6.07, 6.45) is 0. The van der Waals surface area contributed by atoms with E-state index in [1.165, 1.54) is 23.4 Å². The fraction of sp³-hybridized carbons (Fsp3) is 0.308. The van der Waals surface area contributed by atoms with E-state index in [2.05, 4.69) is 10.3 Å². The highest BCUT2D eigenvalue weighted by atomic mass is 32.2. The lowest BCUT2D eigenvalue weighted by atomic mass is 10.0. The molecule has 0 radical (unpaired) electrons. The highest BCUT2D eigenvalue weighted by Gasteiger charge is 2.30. The van der Waals surface area contributed by atoms with E-state index in [-0.39, 0.29) is 30.5 Å². The van der Waals surface area contributed by atoms with Crippen LogP contribution in [-0.2, 0) is 19.6 Å². The number of esters is 1. The van der Waals surface area contributed by atoms with Gasteiger partial charge in [-0.15, -0.1) is 0 Å². The number of amides is 1. The van der Waals surface area contributed by atoms with Gasteiger partial charge in [0.2, 0.25) is 21.9 Å². The Kier molecular flexibility index (Phi) is 7.84. The number of benzene rings is 2. The van der Waals surface area contributed by atoms with E-state index >= 15 is 0 Å². The average Bonchev–Trinajstić information content (AvgIpc) is 2.89. The summed E-state index contributed by atoms with van der Waals surface area (Å²) in [7, 11) is -3.70. The monoisotopic (exact) mass is 523 g/mol. The van der Waals surface area contributed by atoms with Gasteiger partial charge in [0, 0.05) is 44.4 Å². The molecule has 1 amide bonds. The summed E-state index contributed by atoms with van der Waals surface area (Å²) in [5, 5.41) is 2.63. The van der Waals surface area contributed by atoms with Gasteiger partial charge in [0.25, 0.3) is 0 Å². The number of hydrogen-bond donors (Lipinski definition) is 1. The molecular weight excluding hydrogens is 494 g/mol. The van der Waals surface area contributed by atoms with Gasteiger partial charge in [-0.3, -0.25) is 4.79 Å². The number of nitrogens with zero attached hydrogens (tertiary/aromatic N) is 4. The molecule has 2 heterocycles. The second-order valence-corrected chi connectivity index (χ2v) is 10.5. The van der Waals surface area contributed by atoms with Crippen LogP contribution >= 0.6 is 0 Å². The Balaban J connectivity index is 1.55. The Bertz CT molecular complexity index is 1390. The van der Waals surface area contributed by atoms with Crippen molar-refractivity contribution in [3.63, 3.8) is 0 Å². The SMILES string of the molecule is CCOC(=O)c1c(C)nc(N2CCN(S(=O)(=O)c3ccc(NC(C)=O)cc3)CC2)nc1-c1ccccc1. The number of hydrogen-bond acceptors (Lipinski definition) is 8. The van der Waals surface area contributed by atoms with Crippen LogP contribution in [0.3, 0.4) is 0 Å². The van der Waals surface area contributed by atoms with Crippen LogP contribution in [0.15, 0.2) is 59.5 Å². The molecule has 0 unspecified atom stereocenters. The smallest absolute Gasteiger partial charge is 0.342 e. The number of sulfonamides is 1. The molecule has 0 aliphatic carbocycles. The predicted molar refractivity (Wildman–Crippen MR) is 140 cm³/mol. The predicted octanol–water partition coefficient (Wildman–Crippen LogP) is 3.10. The zero-order chi connectivity index (χ0) is 26.6. The zero-order valence-electron chi connectivity index (χ0n) is 21.0. The first-order valence-electron chi connectivity index (χ1n) is 11.9. The van der Waals surface area contributed by atoms with Crippen LogP contribution in [0, 0.1) is 6.92 Å². The number of carbonyl (C=O) groups is 2. The molecule has 37 heavy (non-hydrogen) atoms. The van der Waals surface area contributed by atoms with Crippen molar-refractivity contribution < 1.29 is 22.7 Å². The zero-order valence-corrected chi connectivity index (χ0v) is 21.8. The van der Waals surface area contributed by atoms with Crippen molar-refractivity contribution in [2.24, 2.45) is 0 Å². The number of aromatic nitrogens is 2. The largest absolute Gasteiger partial charge is 0.462 e. The molecule has 2 aromatic carbocycles. The van der Waals surface area contributed by atoms with Crippen LogP contribution in [-0.4, -0.2) is 67.4 Å². The highest BCUT2D eigenvalue weighted by molar-refractivity contribution is 7.89. The molecule has 1 aliphatic rings. The number of carbonyl (C=O) groups excluding carboxylic acids is 2. The molecule has 1 saturated heterocycles. The molecule has 1 aromatic heterocycles. The minimum atomic E-state index is -3.70. The lowest BCUT2D eigenvalue weighted by Crippen LogP contribution is -2.49. The molecule has 1 fully saturated rings. The van der Waals surface area contributed by atoms with Crippen molar-refractivity contribution in [1.29, 1.82) is 0 Å². The third-order valence-corrected chi connectivity index (χ3v) is 7.85. The number of anilines is 2. The summed E-state index contributed by atoms with van der Waals surface area (Å²) >= 11 is 0. The summed E-state index contributed by atoms with van der Waals surface area (Å²) in [5.41, 5.74) is 2.60. The van der Waals surface area contributed by atoms with Gasteiger partial charge in [-0.1, -0.05) is 30.3 Å². The summed E-state index contributed by atoms with van der Waals surface area (Å²) in [5.74, 6) is -0.276. The van der Waals surface area contributed by atoms with Crippen molar-refractivity contribution in [1.82, 2.24) is 14.3 Å². The molecule has 11 heteroatoms. The van der Waals surface area contributed by atoms with Gasteiger partial charge in [-0.05, 0) is 38.1 Å². The first-order valence-corrected chi connectivity index (χ1v) is 13.4. The fourth-order valence-corrected chi connectivity index (χ4v) is 5.57. The van der Waals surface area contributed by atoms with Crippen LogP contribution in [0.25, 0.3) is 11.3 Å². The number of ether oxygens (including phenoxy) is 1. The standard InChI is InChI=1S/C26H29N5O5S/c1-4-36-25(33)23-18(2)27-26(29-24(23)20-8-6-5-7-9-20)30-14-16-31(17-15-30)37(34,35)22-12-10-21(11-13-22)28-19(3)32/h5-13H,4,14-17H2,1-3H3,(H,28,32). The quantitative estimate of drug-likeness (QED) is 0.469. The van der Waals surface area contributed by atoms with E-state index in [0.717, 1.165) is 5.56 Å². The van der Waals surface area contributed by atoms with E-state index in [4.69, 9.17) is 9.72 Å². The molecule has 4 rings (SSSR count). The van der Waals surface area contributed by atoms with Gasteiger partial charge in [-0.25, -0.2) is 23.2 Å². The number of piperazine rings is 1. The van der Waals surface area contributed by atoms with Gasteiger partial charge < -0.3 is 15.0 Å². The maximum atomic E-state index is 13.2. The Morgan fingerprint density at radius 3 is 2.22 bits per heavy atom. The minimum Gasteiger partial charge on any atom is -0.462 e. The topological polar surface area (TPSA) is 122 Å². The van der Waals surface area contributed by atoms with Crippen molar-refractivity contribution >= 4 is 33.5 Å². The molecule has 0 spiro atoms. The van der Waals surface area contributed by atoms with Crippen molar-refractivity contribution in [3.8, 4) is 11.3 Å². The van der Waals surface area contributed by atoms with E-state index in [0.29, 0.717) is 41.7 Å². The molecule has 10 nitrogen and oxygen atoms in total. The third kappa shape index (κ3) is 5.78. The average molecular weight is 524 g/mol. The lowest BCUT2D eigenvalue weighted by molar-refractivity contribution is -0.114. The molecule has 1 N–H and O–H groups in total. The Hall–Kier alpha value is -3.83. The maximum absolute atomic E-state index is 13.2. The van der Waals surface area contributed by atoms with E-state index in [1.807, 2.05) is 35.2 Å². The summed E-state index contributed by atoms with van der Waals surface area (Å²) in [6.45, 7) is 6.39. The van der Waals surface area contributed by atoms with Crippen LogP contribution < -0.4 is 10.2 Å². The Morgan fingerprint density at radius 2 is 1.62 bits per heavy atom. The highest BCUT2D eigenvalue weighted by Crippen LogP contribution is 2.28. The van der Waals surface area contributed by atoms with Crippen molar-refractivity contribution in [3.05, 3.63) is 65.9 Å². The van der Waals surface area contributed by atoms with Crippen LogP contribution in [0.1, 0.15) is 29.9 Å². The lowest BCUT2D eigenvalue weighted by Gasteiger charge is -2.34. The molecule has 0 atom stereocenters. The molecule has 194 valence electrons. The van der Waals surface area contributed by atoms with Crippen molar-refractivity contribution in [2.45, 2.75) is 25.7 Å². The van der Waals surface area contributed by atoms with Crippen LogP contribution in [0.4, 0.5) is 11.6 Å². The van der Waals surface area contributed by atoms with Gasteiger partial charge in [0.05, 0.1) is 22.9 Å². The molecule has 1 aliphatic heterocycles. The van der Waals surface area contributed by atoms with E-state index < -0.39 is 16.0 Å². The van der Waals surface area contributed by atoms with Gasteiger partial charge in [0.15, 0.2) is 0 Å².